The molecule has 19 heavy (non-hydrogen) atoms. The maximum atomic E-state index is 11.5. The van der Waals surface area contributed by atoms with Crippen molar-refractivity contribution in [3.8, 4) is 0 Å². The average molecular weight is 258 g/mol. The highest BCUT2D eigenvalue weighted by molar-refractivity contribution is 5.94. The Morgan fingerprint density at radius 2 is 2.16 bits per heavy atom. The molecule has 0 radical (unpaired) electrons. The molecule has 1 amide bonds. The molecule has 0 aromatic heterocycles. The number of hydrogen-bond acceptors (Lipinski definition) is 2. The lowest BCUT2D eigenvalue weighted by Crippen LogP contribution is -2.23. The van der Waals surface area contributed by atoms with Crippen LogP contribution in [0, 0.1) is 6.92 Å². The summed E-state index contributed by atoms with van der Waals surface area (Å²) in [5.74, 6) is 0.307. The molecule has 0 spiro atoms. The van der Waals surface area contributed by atoms with E-state index in [2.05, 4.69) is 43.2 Å². The SMILES string of the molecule is CCCCC1=NN(C(C)=O)CC1c1ccccc1C. The second-order valence-corrected chi connectivity index (χ2v) is 5.21. The summed E-state index contributed by atoms with van der Waals surface area (Å²) in [6.07, 6.45) is 3.27. The van der Waals surface area contributed by atoms with Gasteiger partial charge in [0.2, 0.25) is 5.91 Å². The smallest absolute Gasteiger partial charge is 0.239 e. The Hall–Kier alpha value is -1.64. The molecular weight excluding hydrogens is 236 g/mol. The highest BCUT2D eigenvalue weighted by Crippen LogP contribution is 2.29. The fraction of sp³-hybridized carbons (Fsp3) is 0.500. The molecule has 1 aromatic rings. The van der Waals surface area contributed by atoms with Crippen LogP contribution in [0.25, 0.3) is 0 Å². The first-order valence-electron chi connectivity index (χ1n) is 7.04. The quantitative estimate of drug-likeness (QED) is 0.813. The number of hydrazone groups is 1. The van der Waals surface area contributed by atoms with Crippen LogP contribution in [0.1, 0.15) is 50.2 Å². The maximum Gasteiger partial charge on any atom is 0.239 e. The van der Waals surface area contributed by atoms with E-state index >= 15 is 0 Å². The number of benzene rings is 1. The van der Waals surface area contributed by atoms with Crippen LogP contribution < -0.4 is 0 Å². The summed E-state index contributed by atoms with van der Waals surface area (Å²) >= 11 is 0. The Kier molecular flexibility index (Phi) is 4.35. The minimum absolute atomic E-state index is 0.0325. The molecule has 1 aromatic carbocycles. The molecule has 3 nitrogen and oxygen atoms in total. The summed E-state index contributed by atoms with van der Waals surface area (Å²) in [5, 5.41) is 6.14. The van der Waals surface area contributed by atoms with Gasteiger partial charge < -0.3 is 0 Å². The predicted octanol–water partition coefficient (Wildman–Crippen LogP) is 3.49. The van der Waals surface area contributed by atoms with E-state index in [1.165, 1.54) is 11.1 Å². The molecule has 1 unspecified atom stereocenters. The zero-order valence-electron chi connectivity index (χ0n) is 12.0. The normalized spacial score (nSPS) is 18.6. The van der Waals surface area contributed by atoms with Gasteiger partial charge in [-0.25, -0.2) is 5.01 Å². The molecule has 0 bridgehead atoms. The van der Waals surface area contributed by atoms with Crippen LogP contribution in [-0.2, 0) is 4.79 Å². The monoisotopic (exact) mass is 258 g/mol. The molecule has 1 heterocycles. The zero-order chi connectivity index (χ0) is 13.8. The minimum atomic E-state index is 0.0325. The lowest BCUT2D eigenvalue weighted by atomic mass is 9.89. The van der Waals surface area contributed by atoms with E-state index in [4.69, 9.17) is 0 Å². The van der Waals surface area contributed by atoms with E-state index in [-0.39, 0.29) is 11.8 Å². The summed E-state index contributed by atoms with van der Waals surface area (Å²) in [4.78, 5) is 11.5. The summed E-state index contributed by atoms with van der Waals surface area (Å²) in [6, 6.07) is 8.41. The van der Waals surface area contributed by atoms with Gasteiger partial charge in [-0.3, -0.25) is 4.79 Å². The third kappa shape index (κ3) is 3.03. The molecular formula is C16H22N2O. The van der Waals surface area contributed by atoms with Crippen LogP contribution in [0.15, 0.2) is 29.4 Å². The number of amides is 1. The van der Waals surface area contributed by atoms with Gasteiger partial charge in [0.15, 0.2) is 0 Å². The van der Waals surface area contributed by atoms with Crippen molar-refractivity contribution in [2.24, 2.45) is 5.10 Å². The van der Waals surface area contributed by atoms with Gasteiger partial charge in [-0.2, -0.15) is 5.10 Å². The summed E-state index contributed by atoms with van der Waals surface area (Å²) in [6.45, 7) is 6.59. The lowest BCUT2D eigenvalue weighted by molar-refractivity contribution is -0.128. The highest BCUT2D eigenvalue weighted by Gasteiger charge is 2.30. The van der Waals surface area contributed by atoms with Crippen molar-refractivity contribution in [2.45, 2.75) is 46.0 Å². The van der Waals surface area contributed by atoms with Crippen LogP contribution in [0.4, 0.5) is 0 Å². The van der Waals surface area contributed by atoms with Crippen LogP contribution in [0.2, 0.25) is 0 Å². The second-order valence-electron chi connectivity index (χ2n) is 5.21. The Labute approximate surface area is 115 Å². The van der Waals surface area contributed by atoms with Crippen molar-refractivity contribution in [1.82, 2.24) is 5.01 Å². The minimum Gasteiger partial charge on any atom is -0.273 e. The van der Waals surface area contributed by atoms with E-state index in [0.29, 0.717) is 6.54 Å². The predicted molar refractivity (Wildman–Crippen MR) is 78.3 cm³/mol. The van der Waals surface area contributed by atoms with Crippen LogP contribution in [0.5, 0.6) is 0 Å². The molecule has 0 aliphatic carbocycles. The topological polar surface area (TPSA) is 32.7 Å². The molecule has 3 heteroatoms. The number of aryl methyl sites for hydroxylation is 1. The van der Waals surface area contributed by atoms with Crippen molar-refractivity contribution in [2.75, 3.05) is 6.54 Å². The molecule has 1 atom stereocenters. The number of rotatable bonds is 4. The second kappa shape index (κ2) is 6.00. The van der Waals surface area contributed by atoms with Gasteiger partial charge in [0.05, 0.1) is 6.54 Å². The standard InChI is InChI=1S/C16H22N2O/c1-4-5-10-16-15(11-18(17-16)13(3)19)14-9-7-6-8-12(14)2/h6-9,15H,4-5,10-11H2,1-3H3. The molecule has 102 valence electrons. The van der Waals surface area contributed by atoms with Crippen LogP contribution in [0.3, 0.4) is 0 Å². The summed E-state index contributed by atoms with van der Waals surface area (Å²) in [5.41, 5.74) is 3.74. The largest absolute Gasteiger partial charge is 0.273 e. The van der Waals surface area contributed by atoms with Crippen molar-refractivity contribution in [3.05, 3.63) is 35.4 Å². The third-order valence-electron chi connectivity index (χ3n) is 3.72. The number of nitrogens with zero attached hydrogens (tertiary/aromatic N) is 2. The molecule has 2 rings (SSSR count). The van der Waals surface area contributed by atoms with Gasteiger partial charge in [-0.05, 0) is 30.9 Å². The number of hydrogen-bond donors (Lipinski definition) is 0. The Bertz CT molecular complexity index is 493. The van der Waals surface area contributed by atoms with Gasteiger partial charge in [0, 0.05) is 18.6 Å². The van der Waals surface area contributed by atoms with E-state index in [9.17, 15) is 4.79 Å². The van der Waals surface area contributed by atoms with Gasteiger partial charge in [0.1, 0.15) is 0 Å². The third-order valence-corrected chi connectivity index (χ3v) is 3.72. The van der Waals surface area contributed by atoms with Gasteiger partial charge >= 0.3 is 0 Å². The van der Waals surface area contributed by atoms with E-state index < -0.39 is 0 Å². The fourth-order valence-corrected chi connectivity index (χ4v) is 2.58. The molecule has 1 aliphatic heterocycles. The number of unbranched alkanes of at least 4 members (excludes halogenated alkanes) is 1. The van der Waals surface area contributed by atoms with Gasteiger partial charge in [-0.1, -0.05) is 37.6 Å². The highest BCUT2D eigenvalue weighted by atomic mass is 16.2. The average Bonchev–Trinajstić information content (AvgIpc) is 2.81. The first-order chi connectivity index (χ1) is 9.13. The first-order valence-corrected chi connectivity index (χ1v) is 7.04. The van der Waals surface area contributed by atoms with Crippen molar-refractivity contribution < 1.29 is 4.79 Å². The summed E-state index contributed by atoms with van der Waals surface area (Å²) < 4.78 is 0. The van der Waals surface area contributed by atoms with Gasteiger partial charge in [0.25, 0.3) is 0 Å². The number of carbonyl (C=O) groups is 1. The molecule has 0 saturated heterocycles. The summed E-state index contributed by atoms with van der Waals surface area (Å²) in [7, 11) is 0. The Morgan fingerprint density at radius 3 is 2.79 bits per heavy atom. The molecule has 1 aliphatic rings. The zero-order valence-corrected chi connectivity index (χ0v) is 12.0. The molecule has 0 fully saturated rings. The van der Waals surface area contributed by atoms with E-state index in [0.717, 1.165) is 25.0 Å². The Balaban J connectivity index is 2.26. The Morgan fingerprint density at radius 1 is 1.42 bits per heavy atom. The van der Waals surface area contributed by atoms with Crippen molar-refractivity contribution >= 4 is 11.6 Å². The van der Waals surface area contributed by atoms with E-state index in [1.807, 2.05) is 0 Å². The van der Waals surface area contributed by atoms with Crippen molar-refractivity contribution in [3.63, 3.8) is 0 Å². The van der Waals surface area contributed by atoms with Gasteiger partial charge in [-0.15, -0.1) is 0 Å². The van der Waals surface area contributed by atoms with E-state index in [1.54, 1.807) is 11.9 Å². The lowest BCUT2D eigenvalue weighted by Gasteiger charge is -2.16. The first kappa shape index (κ1) is 13.8. The van der Waals surface area contributed by atoms with Crippen LogP contribution in [-0.4, -0.2) is 23.2 Å². The molecule has 0 N–H and O–H groups in total. The van der Waals surface area contributed by atoms with Crippen molar-refractivity contribution in [1.29, 1.82) is 0 Å². The fourth-order valence-electron chi connectivity index (χ4n) is 2.58. The van der Waals surface area contributed by atoms with Crippen LogP contribution >= 0.6 is 0 Å². The number of carbonyl (C=O) groups excluding carboxylic acids is 1. The molecule has 0 saturated carbocycles. The maximum absolute atomic E-state index is 11.5.